The van der Waals surface area contributed by atoms with Gasteiger partial charge in [0, 0.05) is 38.0 Å². The molecule has 1 fully saturated rings. The second kappa shape index (κ2) is 10.9. The summed E-state index contributed by atoms with van der Waals surface area (Å²) >= 11 is 12.3. The van der Waals surface area contributed by atoms with Crippen LogP contribution in [-0.4, -0.2) is 47.9 Å². The van der Waals surface area contributed by atoms with Gasteiger partial charge >= 0.3 is 6.18 Å². The molecular formula is C24H27Cl2F4N3O. The van der Waals surface area contributed by atoms with Crippen molar-refractivity contribution in [3.8, 4) is 0 Å². The van der Waals surface area contributed by atoms with Crippen LogP contribution < -0.4 is 5.73 Å². The number of Topliss-reactive ketones (excluding diaryl/α,β-unsaturated/α-hetero) is 1. The number of nitrogens with two attached hydrogens (primary N) is 1. The molecule has 0 spiro atoms. The fourth-order valence-corrected chi connectivity index (χ4v) is 4.74. The molecule has 2 aromatic rings. The SMILES string of the molecule is CC(=O)CCC(N)N1C[C@H](c2ccc(Cl)c(Cl)c2)[C@H](N(C)Cc2ccc(C(F)(F)F)c(F)c2)C1. The first kappa shape index (κ1) is 26.9. The van der Waals surface area contributed by atoms with Gasteiger partial charge < -0.3 is 10.5 Å². The van der Waals surface area contributed by atoms with Crippen molar-refractivity contribution in [2.45, 2.75) is 50.6 Å². The minimum absolute atomic E-state index is 0.0255. The number of likely N-dealkylation sites (tertiary alicyclic amines) is 1. The van der Waals surface area contributed by atoms with Crippen molar-refractivity contribution in [2.75, 3.05) is 20.1 Å². The summed E-state index contributed by atoms with van der Waals surface area (Å²) in [5, 5.41) is 0.855. The third-order valence-corrected chi connectivity index (χ3v) is 7.03. The number of likely N-dealkylation sites (N-methyl/N-ethyl adjacent to an activating group) is 1. The van der Waals surface area contributed by atoms with E-state index in [0.29, 0.717) is 41.5 Å². The Kier molecular flexibility index (Phi) is 8.63. The minimum Gasteiger partial charge on any atom is -0.316 e. The maximum Gasteiger partial charge on any atom is 0.419 e. The van der Waals surface area contributed by atoms with Crippen molar-refractivity contribution in [3.63, 3.8) is 0 Å². The van der Waals surface area contributed by atoms with E-state index in [1.54, 1.807) is 12.1 Å². The van der Waals surface area contributed by atoms with Gasteiger partial charge in [0.15, 0.2) is 0 Å². The van der Waals surface area contributed by atoms with Crippen LogP contribution in [0.5, 0.6) is 0 Å². The maximum atomic E-state index is 14.1. The summed E-state index contributed by atoms with van der Waals surface area (Å²) in [6, 6.07) is 8.33. The predicted octanol–water partition coefficient (Wildman–Crippen LogP) is 5.71. The van der Waals surface area contributed by atoms with E-state index in [9.17, 15) is 22.4 Å². The van der Waals surface area contributed by atoms with Gasteiger partial charge in [-0.3, -0.25) is 9.80 Å². The highest BCUT2D eigenvalue weighted by atomic mass is 35.5. The molecule has 2 aromatic carbocycles. The van der Waals surface area contributed by atoms with Crippen molar-refractivity contribution in [3.05, 3.63) is 69.0 Å². The Labute approximate surface area is 206 Å². The van der Waals surface area contributed by atoms with E-state index in [0.717, 1.165) is 17.7 Å². The van der Waals surface area contributed by atoms with Crippen molar-refractivity contribution in [1.82, 2.24) is 9.80 Å². The van der Waals surface area contributed by atoms with Crippen LogP contribution in [0.3, 0.4) is 0 Å². The molecule has 0 saturated carbocycles. The van der Waals surface area contributed by atoms with Gasteiger partial charge in [0.2, 0.25) is 0 Å². The largest absolute Gasteiger partial charge is 0.419 e. The topological polar surface area (TPSA) is 49.6 Å². The van der Waals surface area contributed by atoms with E-state index in [4.69, 9.17) is 28.9 Å². The monoisotopic (exact) mass is 519 g/mol. The minimum atomic E-state index is -4.74. The molecule has 1 aliphatic heterocycles. The first-order valence-electron chi connectivity index (χ1n) is 10.9. The van der Waals surface area contributed by atoms with Crippen LogP contribution in [0.15, 0.2) is 36.4 Å². The van der Waals surface area contributed by atoms with E-state index in [1.165, 1.54) is 13.0 Å². The summed E-state index contributed by atoms with van der Waals surface area (Å²) in [5.41, 5.74) is 6.47. The summed E-state index contributed by atoms with van der Waals surface area (Å²) in [6.07, 6.45) is -4.17. The third kappa shape index (κ3) is 6.49. The summed E-state index contributed by atoms with van der Waals surface area (Å²) in [6.45, 7) is 2.94. The maximum absolute atomic E-state index is 14.1. The second-order valence-electron chi connectivity index (χ2n) is 8.84. The van der Waals surface area contributed by atoms with E-state index in [-0.39, 0.29) is 30.5 Å². The first-order chi connectivity index (χ1) is 15.9. The average molecular weight is 520 g/mol. The van der Waals surface area contributed by atoms with Crippen LogP contribution in [0.1, 0.15) is 42.4 Å². The number of benzene rings is 2. The van der Waals surface area contributed by atoms with Crippen LogP contribution in [0, 0.1) is 5.82 Å². The zero-order valence-corrected chi connectivity index (χ0v) is 20.4. The second-order valence-corrected chi connectivity index (χ2v) is 9.65. The molecule has 10 heteroatoms. The van der Waals surface area contributed by atoms with Crippen LogP contribution in [0.4, 0.5) is 17.6 Å². The van der Waals surface area contributed by atoms with Gasteiger partial charge in [-0.05, 0) is 55.8 Å². The molecule has 0 radical (unpaired) electrons. The molecule has 0 amide bonds. The highest BCUT2D eigenvalue weighted by Crippen LogP contribution is 2.36. The third-order valence-electron chi connectivity index (χ3n) is 6.29. The van der Waals surface area contributed by atoms with Gasteiger partial charge in [-0.15, -0.1) is 0 Å². The first-order valence-corrected chi connectivity index (χ1v) is 11.6. The lowest BCUT2D eigenvalue weighted by atomic mass is 9.93. The molecule has 3 atom stereocenters. The number of hydrogen-bond acceptors (Lipinski definition) is 4. The number of hydrogen-bond donors (Lipinski definition) is 1. The van der Waals surface area contributed by atoms with Crippen LogP contribution in [0.25, 0.3) is 0 Å². The number of carbonyl (C=O) groups is 1. The molecule has 1 heterocycles. The normalized spacial score (nSPS) is 20.2. The lowest BCUT2D eigenvalue weighted by Gasteiger charge is -2.30. The number of carbonyl (C=O) groups excluding carboxylic acids is 1. The number of rotatable bonds is 8. The standard InChI is InChI=1S/C24H27Cl2F4N3O/c1-14(34)3-8-23(31)33-12-17(16-5-7-19(25)20(26)10-16)22(13-33)32(2)11-15-4-6-18(21(27)9-15)24(28,29)30/h4-7,9-10,17,22-23H,3,8,11-13,31H2,1-2H3/t17-,22-,23?/m1/s1. The number of nitrogens with zero attached hydrogens (tertiary/aromatic N) is 2. The Morgan fingerprint density at radius 1 is 1.18 bits per heavy atom. The predicted molar refractivity (Wildman–Crippen MR) is 125 cm³/mol. The molecule has 4 nitrogen and oxygen atoms in total. The van der Waals surface area contributed by atoms with E-state index >= 15 is 0 Å². The lowest BCUT2D eigenvalue weighted by Crippen LogP contribution is -2.43. The summed E-state index contributed by atoms with van der Waals surface area (Å²) in [5.74, 6) is -1.25. The number of ketones is 1. The van der Waals surface area contributed by atoms with Gasteiger partial charge in [-0.25, -0.2) is 4.39 Å². The van der Waals surface area contributed by atoms with Crippen molar-refractivity contribution >= 4 is 29.0 Å². The molecule has 34 heavy (non-hydrogen) atoms. The van der Waals surface area contributed by atoms with Crippen LogP contribution in [-0.2, 0) is 17.5 Å². The summed E-state index contributed by atoms with van der Waals surface area (Å²) in [4.78, 5) is 15.5. The Hall–Kier alpha value is -1.71. The Morgan fingerprint density at radius 2 is 1.88 bits per heavy atom. The van der Waals surface area contributed by atoms with E-state index in [1.807, 2.05) is 18.0 Å². The highest BCUT2D eigenvalue weighted by molar-refractivity contribution is 6.42. The zero-order chi connectivity index (χ0) is 25.2. The average Bonchev–Trinajstić information content (AvgIpc) is 3.19. The summed E-state index contributed by atoms with van der Waals surface area (Å²) in [7, 11) is 1.84. The molecule has 2 N–H and O–H groups in total. The summed E-state index contributed by atoms with van der Waals surface area (Å²) < 4.78 is 52.8. The van der Waals surface area contributed by atoms with Crippen LogP contribution >= 0.6 is 23.2 Å². The smallest absolute Gasteiger partial charge is 0.316 e. The molecule has 3 rings (SSSR count). The highest BCUT2D eigenvalue weighted by Gasteiger charge is 2.39. The molecule has 0 aliphatic carbocycles. The molecule has 1 saturated heterocycles. The van der Waals surface area contributed by atoms with Crippen molar-refractivity contribution < 1.29 is 22.4 Å². The Morgan fingerprint density at radius 3 is 2.47 bits per heavy atom. The molecular weight excluding hydrogens is 493 g/mol. The zero-order valence-electron chi connectivity index (χ0n) is 18.9. The number of alkyl halides is 3. The molecule has 0 bridgehead atoms. The fourth-order valence-electron chi connectivity index (χ4n) is 4.43. The van der Waals surface area contributed by atoms with Crippen molar-refractivity contribution in [2.24, 2.45) is 5.73 Å². The van der Waals surface area contributed by atoms with E-state index in [2.05, 4.69) is 4.90 Å². The Bertz CT molecular complexity index is 1030. The van der Waals surface area contributed by atoms with Gasteiger partial charge in [0.1, 0.15) is 11.6 Å². The molecule has 0 aromatic heterocycles. The molecule has 1 unspecified atom stereocenters. The van der Waals surface area contributed by atoms with Gasteiger partial charge in [0.25, 0.3) is 0 Å². The lowest BCUT2D eigenvalue weighted by molar-refractivity contribution is -0.140. The van der Waals surface area contributed by atoms with Crippen molar-refractivity contribution in [1.29, 1.82) is 0 Å². The van der Waals surface area contributed by atoms with E-state index < -0.39 is 17.6 Å². The fraction of sp³-hybridized carbons (Fsp3) is 0.458. The molecule has 186 valence electrons. The van der Waals surface area contributed by atoms with Gasteiger partial charge in [0.05, 0.1) is 21.8 Å². The number of halogens is 6. The quantitative estimate of drug-likeness (QED) is 0.454. The molecule has 1 aliphatic rings. The Balaban J connectivity index is 1.83. The van der Waals surface area contributed by atoms with Gasteiger partial charge in [-0.2, -0.15) is 13.2 Å². The van der Waals surface area contributed by atoms with Crippen LogP contribution in [0.2, 0.25) is 10.0 Å². The van der Waals surface area contributed by atoms with Gasteiger partial charge in [-0.1, -0.05) is 35.3 Å².